The average molecular weight is 272 g/mol. The molecule has 1 aliphatic rings. The molecule has 1 aliphatic heterocycles. The summed E-state index contributed by atoms with van der Waals surface area (Å²) in [5.74, 6) is 1.63. The molecule has 0 amide bonds. The van der Waals surface area contributed by atoms with E-state index in [2.05, 4.69) is 0 Å². The second-order valence-electron chi connectivity index (χ2n) is 4.85. The Morgan fingerprint density at radius 1 is 1.22 bits per heavy atom. The van der Waals surface area contributed by atoms with Gasteiger partial charge in [0.15, 0.2) is 0 Å². The standard InChI is InChI=1S/C14H18F2OS/c15-13-2-1-3-14(16)12(13)9-11(17)8-10-4-6-18-7-5-10/h1-3,10-11,17H,4-9H2. The Morgan fingerprint density at radius 2 is 1.83 bits per heavy atom. The third kappa shape index (κ3) is 3.69. The lowest BCUT2D eigenvalue weighted by atomic mass is 9.92. The number of hydrogen-bond donors (Lipinski definition) is 1. The minimum Gasteiger partial charge on any atom is -0.393 e. The van der Waals surface area contributed by atoms with Gasteiger partial charge in [-0.15, -0.1) is 0 Å². The summed E-state index contributed by atoms with van der Waals surface area (Å²) >= 11 is 1.93. The molecule has 0 aromatic heterocycles. The predicted octanol–water partition coefficient (Wildman–Crippen LogP) is 3.40. The number of thioether (sulfide) groups is 1. The van der Waals surface area contributed by atoms with Crippen LogP contribution in [0.4, 0.5) is 8.78 Å². The number of aliphatic hydroxyl groups excluding tert-OH is 1. The number of halogens is 2. The summed E-state index contributed by atoms with van der Waals surface area (Å²) in [6.07, 6.45) is 2.27. The highest BCUT2D eigenvalue weighted by Gasteiger charge is 2.20. The zero-order chi connectivity index (χ0) is 13.0. The van der Waals surface area contributed by atoms with Gasteiger partial charge in [-0.1, -0.05) is 6.07 Å². The van der Waals surface area contributed by atoms with E-state index in [-0.39, 0.29) is 12.0 Å². The first-order valence-corrected chi connectivity index (χ1v) is 7.51. The van der Waals surface area contributed by atoms with Gasteiger partial charge in [0.2, 0.25) is 0 Å². The van der Waals surface area contributed by atoms with Crippen molar-refractivity contribution in [3.8, 4) is 0 Å². The summed E-state index contributed by atoms with van der Waals surface area (Å²) in [4.78, 5) is 0. The van der Waals surface area contributed by atoms with E-state index in [4.69, 9.17) is 0 Å². The molecule has 1 saturated heterocycles. The molecule has 0 radical (unpaired) electrons. The van der Waals surface area contributed by atoms with Gasteiger partial charge in [0.25, 0.3) is 0 Å². The van der Waals surface area contributed by atoms with Gasteiger partial charge in [-0.2, -0.15) is 11.8 Å². The first-order valence-electron chi connectivity index (χ1n) is 6.35. The van der Waals surface area contributed by atoms with E-state index in [0.29, 0.717) is 12.3 Å². The van der Waals surface area contributed by atoms with Crippen molar-refractivity contribution in [1.82, 2.24) is 0 Å². The minimum absolute atomic E-state index is 0.00943. The van der Waals surface area contributed by atoms with E-state index in [9.17, 15) is 13.9 Å². The van der Waals surface area contributed by atoms with Gasteiger partial charge in [-0.3, -0.25) is 0 Å². The van der Waals surface area contributed by atoms with Crippen LogP contribution in [0.1, 0.15) is 24.8 Å². The van der Waals surface area contributed by atoms with Crippen LogP contribution >= 0.6 is 11.8 Å². The fraction of sp³-hybridized carbons (Fsp3) is 0.571. The summed E-state index contributed by atoms with van der Waals surface area (Å²) in [6, 6.07) is 3.82. The largest absolute Gasteiger partial charge is 0.393 e. The van der Waals surface area contributed by atoms with Crippen molar-refractivity contribution in [3.05, 3.63) is 35.4 Å². The Bertz CT molecular complexity index is 371. The summed E-state index contributed by atoms with van der Waals surface area (Å²) in [7, 11) is 0. The van der Waals surface area contributed by atoms with Crippen molar-refractivity contribution < 1.29 is 13.9 Å². The monoisotopic (exact) mass is 272 g/mol. The fourth-order valence-electron chi connectivity index (χ4n) is 2.41. The van der Waals surface area contributed by atoms with E-state index in [1.807, 2.05) is 11.8 Å². The Morgan fingerprint density at radius 3 is 2.44 bits per heavy atom. The molecule has 1 fully saturated rings. The molecule has 2 rings (SSSR count). The van der Waals surface area contributed by atoms with Crippen molar-refractivity contribution in [1.29, 1.82) is 0 Å². The molecule has 1 aromatic carbocycles. The molecule has 0 saturated carbocycles. The van der Waals surface area contributed by atoms with Crippen LogP contribution in [0.2, 0.25) is 0 Å². The summed E-state index contributed by atoms with van der Waals surface area (Å²) < 4.78 is 26.9. The predicted molar refractivity (Wildman–Crippen MR) is 70.7 cm³/mol. The molecule has 100 valence electrons. The normalized spacial score (nSPS) is 18.8. The number of benzene rings is 1. The fourth-order valence-corrected chi connectivity index (χ4v) is 3.62. The molecule has 1 heterocycles. The number of rotatable bonds is 4. The van der Waals surface area contributed by atoms with Crippen LogP contribution < -0.4 is 0 Å². The molecule has 1 unspecified atom stereocenters. The first-order chi connectivity index (χ1) is 8.66. The molecule has 0 bridgehead atoms. The molecule has 18 heavy (non-hydrogen) atoms. The van der Waals surface area contributed by atoms with Gasteiger partial charge >= 0.3 is 0 Å². The van der Waals surface area contributed by atoms with Gasteiger partial charge in [0.1, 0.15) is 11.6 Å². The maximum Gasteiger partial charge on any atom is 0.129 e. The van der Waals surface area contributed by atoms with Gasteiger partial charge in [-0.05, 0) is 48.8 Å². The number of aliphatic hydroxyl groups is 1. The average Bonchev–Trinajstić information content (AvgIpc) is 2.35. The number of hydrogen-bond acceptors (Lipinski definition) is 2. The second-order valence-corrected chi connectivity index (χ2v) is 6.07. The SMILES string of the molecule is OC(Cc1c(F)cccc1F)CC1CCSCC1. The lowest BCUT2D eigenvalue weighted by Gasteiger charge is -2.23. The third-order valence-electron chi connectivity index (χ3n) is 3.45. The van der Waals surface area contributed by atoms with Crippen LogP contribution in [0, 0.1) is 17.6 Å². The van der Waals surface area contributed by atoms with Crippen molar-refractivity contribution in [3.63, 3.8) is 0 Å². The molecule has 0 spiro atoms. The first kappa shape index (κ1) is 13.8. The van der Waals surface area contributed by atoms with Gasteiger partial charge < -0.3 is 5.11 Å². The molecular formula is C14H18F2OS. The van der Waals surface area contributed by atoms with Crippen molar-refractivity contribution in [2.75, 3.05) is 11.5 Å². The highest BCUT2D eigenvalue weighted by atomic mass is 32.2. The van der Waals surface area contributed by atoms with Crippen LogP contribution in [-0.4, -0.2) is 22.7 Å². The molecule has 1 N–H and O–H groups in total. The highest BCUT2D eigenvalue weighted by Crippen LogP contribution is 2.27. The molecule has 1 nitrogen and oxygen atoms in total. The third-order valence-corrected chi connectivity index (χ3v) is 4.50. The minimum atomic E-state index is -0.649. The smallest absolute Gasteiger partial charge is 0.129 e. The molecule has 1 aromatic rings. The summed E-state index contributed by atoms with van der Waals surface area (Å²) in [6.45, 7) is 0. The van der Waals surface area contributed by atoms with Crippen LogP contribution in [0.25, 0.3) is 0 Å². The van der Waals surface area contributed by atoms with E-state index in [1.165, 1.54) is 18.2 Å². The van der Waals surface area contributed by atoms with Crippen molar-refractivity contribution in [2.45, 2.75) is 31.8 Å². The van der Waals surface area contributed by atoms with Gasteiger partial charge in [-0.25, -0.2) is 8.78 Å². The van der Waals surface area contributed by atoms with Crippen LogP contribution in [0.3, 0.4) is 0 Å². The topological polar surface area (TPSA) is 20.2 Å². The maximum atomic E-state index is 13.4. The van der Waals surface area contributed by atoms with E-state index >= 15 is 0 Å². The van der Waals surface area contributed by atoms with Crippen LogP contribution in [0.5, 0.6) is 0 Å². The molecule has 0 aliphatic carbocycles. The van der Waals surface area contributed by atoms with Crippen molar-refractivity contribution >= 4 is 11.8 Å². The zero-order valence-corrected chi connectivity index (χ0v) is 11.1. The molecule has 4 heteroatoms. The Kier molecular flexibility index (Phi) is 5.01. The van der Waals surface area contributed by atoms with E-state index < -0.39 is 17.7 Å². The quantitative estimate of drug-likeness (QED) is 0.906. The Hall–Kier alpha value is -0.610. The summed E-state index contributed by atoms with van der Waals surface area (Å²) in [5.41, 5.74) is 0.00943. The Labute approximate surface area is 111 Å². The zero-order valence-electron chi connectivity index (χ0n) is 10.2. The highest BCUT2D eigenvalue weighted by molar-refractivity contribution is 7.99. The molecule has 1 atom stereocenters. The lowest BCUT2D eigenvalue weighted by Crippen LogP contribution is -2.20. The van der Waals surface area contributed by atoms with Gasteiger partial charge in [0.05, 0.1) is 6.10 Å². The van der Waals surface area contributed by atoms with Gasteiger partial charge in [0, 0.05) is 12.0 Å². The molecular weight excluding hydrogens is 254 g/mol. The maximum absolute atomic E-state index is 13.4. The second kappa shape index (κ2) is 6.53. The Balaban J connectivity index is 1.92. The van der Waals surface area contributed by atoms with E-state index in [0.717, 1.165) is 24.3 Å². The lowest BCUT2D eigenvalue weighted by molar-refractivity contribution is 0.137. The van der Waals surface area contributed by atoms with Crippen molar-refractivity contribution in [2.24, 2.45) is 5.92 Å². The van der Waals surface area contributed by atoms with E-state index in [1.54, 1.807) is 0 Å². The summed E-state index contributed by atoms with van der Waals surface area (Å²) in [5, 5.41) is 9.96. The van der Waals surface area contributed by atoms with Crippen LogP contribution in [-0.2, 0) is 6.42 Å². The van der Waals surface area contributed by atoms with Crippen LogP contribution in [0.15, 0.2) is 18.2 Å².